The van der Waals surface area contributed by atoms with Crippen LogP contribution in [0.1, 0.15) is 226 Å². The van der Waals surface area contributed by atoms with E-state index in [-0.39, 0.29) is 44.0 Å². The van der Waals surface area contributed by atoms with Crippen LogP contribution in [0, 0.1) is 0 Å². The van der Waals surface area contributed by atoms with Crippen molar-refractivity contribution >= 4 is 17.9 Å². The maximum absolute atomic E-state index is 12.8. The average molecular weight is 927 g/mol. The van der Waals surface area contributed by atoms with Crippen molar-refractivity contribution < 1.29 is 28.6 Å². The molecular formula is C61H98O6. The summed E-state index contributed by atoms with van der Waals surface area (Å²) in [6.45, 7) is 6.38. The molecule has 0 radical (unpaired) electrons. The normalized spacial score (nSPS) is 13.1. The van der Waals surface area contributed by atoms with Gasteiger partial charge in [-0.15, -0.1) is 0 Å². The Morgan fingerprint density at radius 1 is 0.313 bits per heavy atom. The smallest absolute Gasteiger partial charge is 0.306 e. The van der Waals surface area contributed by atoms with Crippen LogP contribution in [0.25, 0.3) is 0 Å². The third kappa shape index (κ3) is 52.6. The number of allylic oxidation sites excluding steroid dienone is 20. The van der Waals surface area contributed by atoms with Crippen molar-refractivity contribution in [2.24, 2.45) is 0 Å². The molecule has 0 heterocycles. The zero-order valence-corrected chi connectivity index (χ0v) is 43.1. The minimum Gasteiger partial charge on any atom is -0.462 e. The fourth-order valence-electron chi connectivity index (χ4n) is 6.87. The van der Waals surface area contributed by atoms with Crippen LogP contribution in [0.15, 0.2) is 122 Å². The molecule has 0 aromatic heterocycles. The molecule has 0 aliphatic rings. The van der Waals surface area contributed by atoms with Crippen molar-refractivity contribution in [1.82, 2.24) is 0 Å². The number of unbranched alkanes of at least 4 members (excludes halogenated alkanes) is 16. The molecule has 0 saturated heterocycles. The molecule has 0 aliphatic carbocycles. The molecule has 0 amide bonds. The third-order valence-corrected chi connectivity index (χ3v) is 10.9. The lowest BCUT2D eigenvalue weighted by molar-refractivity contribution is -0.167. The van der Waals surface area contributed by atoms with Crippen molar-refractivity contribution in [2.75, 3.05) is 13.2 Å². The highest BCUT2D eigenvalue weighted by Gasteiger charge is 2.19. The van der Waals surface area contributed by atoms with Crippen LogP contribution < -0.4 is 0 Å². The second-order valence-corrected chi connectivity index (χ2v) is 17.4. The van der Waals surface area contributed by atoms with Gasteiger partial charge in [0.1, 0.15) is 13.2 Å². The van der Waals surface area contributed by atoms with Gasteiger partial charge in [-0.25, -0.2) is 0 Å². The lowest BCUT2D eigenvalue weighted by Crippen LogP contribution is -2.30. The van der Waals surface area contributed by atoms with Crippen molar-refractivity contribution in [2.45, 2.75) is 232 Å². The Bertz CT molecular complexity index is 1440. The summed E-state index contributed by atoms with van der Waals surface area (Å²) >= 11 is 0. The molecule has 0 rings (SSSR count). The molecule has 0 saturated carbocycles. The average Bonchev–Trinajstić information content (AvgIpc) is 3.33. The highest BCUT2D eigenvalue weighted by atomic mass is 16.6. The first kappa shape index (κ1) is 62.8. The van der Waals surface area contributed by atoms with E-state index in [4.69, 9.17) is 14.2 Å². The zero-order chi connectivity index (χ0) is 48.6. The molecule has 1 atom stereocenters. The summed E-state index contributed by atoms with van der Waals surface area (Å²) in [5.74, 6) is -1.02. The molecule has 6 heteroatoms. The monoisotopic (exact) mass is 927 g/mol. The number of ether oxygens (including phenoxy) is 3. The highest BCUT2D eigenvalue weighted by Crippen LogP contribution is 2.12. The van der Waals surface area contributed by atoms with Crippen molar-refractivity contribution in [1.29, 1.82) is 0 Å². The Balaban J connectivity index is 4.56. The number of hydrogen-bond acceptors (Lipinski definition) is 6. The number of rotatable bonds is 47. The summed E-state index contributed by atoms with van der Waals surface area (Å²) in [6, 6.07) is 0. The Kier molecular flexibility index (Phi) is 51.0. The van der Waals surface area contributed by atoms with Gasteiger partial charge >= 0.3 is 17.9 Å². The van der Waals surface area contributed by atoms with Crippen LogP contribution in [0.2, 0.25) is 0 Å². The lowest BCUT2D eigenvalue weighted by atomic mass is 10.1. The van der Waals surface area contributed by atoms with Crippen LogP contribution >= 0.6 is 0 Å². The van der Waals surface area contributed by atoms with Crippen LogP contribution in [0.3, 0.4) is 0 Å². The minimum atomic E-state index is -0.822. The molecule has 0 bridgehead atoms. The van der Waals surface area contributed by atoms with E-state index in [0.29, 0.717) is 12.8 Å². The molecule has 0 N–H and O–H groups in total. The van der Waals surface area contributed by atoms with Crippen LogP contribution in [-0.2, 0) is 28.6 Å². The van der Waals surface area contributed by atoms with Crippen LogP contribution in [0.5, 0.6) is 0 Å². The first-order valence-electron chi connectivity index (χ1n) is 27.0. The Hall–Kier alpha value is -4.19. The van der Waals surface area contributed by atoms with Gasteiger partial charge in [0.25, 0.3) is 0 Å². The largest absolute Gasteiger partial charge is 0.462 e. The molecular weight excluding hydrogens is 829 g/mol. The maximum Gasteiger partial charge on any atom is 0.306 e. The van der Waals surface area contributed by atoms with Crippen LogP contribution in [0.4, 0.5) is 0 Å². The van der Waals surface area contributed by atoms with E-state index in [0.717, 1.165) is 128 Å². The second-order valence-electron chi connectivity index (χ2n) is 17.4. The molecule has 0 unspecified atom stereocenters. The number of carbonyl (C=O) groups is 3. The molecule has 0 aromatic rings. The van der Waals surface area contributed by atoms with Gasteiger partial charge in [0.05, 0.1) is 0 Å². The van der Waals surface area contributed by atoms with E-state index in [1.54, 1.807) is 0 Å². The number of carbonyl (C=O) groups excluding carboxylic acids is 3. The molecule has 67 heavy (non-hydrogen) atoms. The Morgan fingerprint density at radius 3 is 0.970 bits per heavy atom. The number of hydrogen-bond donors (Lipinski definition) is 0. The zero-order valence-electron chi connectivity index (χ0n) is 43.1. The van der Waals surface area contributed by atoms with E-state index < -0.39 is 6.10 Å². The van der Waals surface area contributed by atoms with Gasteiger partial charge in [-0.3, -0.25) is 14.4 Å². The summed E-state index contributed by atoms with van der Waals surface area (Å²) in [7, 11) is 0. The van der Waals surface area contributed by atoms with E-state index in [2.05, 4.69) is 142 Å². The highest BCUT2D eigenvalue weighted by molar-refractivity contribution is 5.71. The van der Waals surface area contributed by atoms with Gasteiger partial charge in [0, 0.05) is 19.3 Å². The summed E-state index contributed by atoms with van der Waals surface area (Å²) in [6.07, 6.45) is 74.7. The van der Waals surface area contributed by atoms with Gasteiger partial charge < -0.3 is 14.2 Å². The van der Waals surface area contributed by atoms with Crippen molar-refractivity contribution in [3.63, 3.8) is 0 Å². The minimum absolute atomic E-state index is 0.117. The predicted molar refractivity (Wildman–Crippen MR) is 288 cm³/mol. The quantitative estimate of drug-likeness (QED) is 0.0262. The SMILES string of the molecule is CC/C=C\C/C=C\C/C=C\CCCCCCCC(=O)O[C@H](COC(=O)CCC/C=C\C/C=C\C/C=C\C/C=C\CCCCC)COC(=O)CCCCCC/C=C\C/C=C\C/C=C\CCCCC. The van der Waals surface area contributed by atoms with Crippen molar-refractivity contribution in [3.05, 3.63) is 122 Å². The standard InChI is InChI=1S/C61H98O6/c1-4-7-10-13-16-19-22-25-28-30-33-35-38-41-44-47-50-53-59(62)65-56-58(67-61(64)55-52-49-46-43-40-37-32-27-24-21-18-15-12-9-6-3)57-66-60(63)54-51-48-45-42-39-36-34-31-29-26-23-20-17-14-11-8-5-2/h9,12,16-21,25-29,32-36,41,44,58H,4-8,10-11,13-15,22-24,30-31,37-40,42-43,45-57H2,1-3H3/b12-9-,19-16-,20-17-,21-18-,28-25-,29-26-,32-27-,35-33-,36-34-,44-41-/t58-/m1/s1. The van der Waals surface area contributed by atoms with Gasteiger partial charge in [0.15, 0.2) is 6.10 Å². The first-order chi connectivity index (χ1) is 33.0. The molecule has 0 aliphatic heterocycles. The van der Waals surface area contributed by atoms with E-state index >= 15 is 0 Å². The molecule has 0 fully saturated rings. The molecule has 0 aromatic carbocycles. The summed E-state index contributed by atoms with van der Waals surface area (Å²) < 4.78 is 16.7. The Labute approximate surface area is 412 Å². The van der Waals surface area contributed by atoms with E-state index in [9.17, 15) is 14.4 Å². The third-order valence-electron chi connectivity index (χ3n) is 10.9. The molecule has 6 nitrogen and oxygen atoms in total. The second kappa shape index (κ2) is 54.4. The lowest BCUT2D eigenvalue weighted by Gasteiger charge is -2.18. The summed E-state index contributed by atoms with van der Waals surface area (Å²) in [4.78, 5) is 38.1. The van der Waals surface area contributed by atoms with E-state index in [1.807, 2.05) is 0 Å². The fourth-order valence-corrected chi connectivity index (χ4v) is 6.87. The molecule has 378 valence electrons. The fraction of sp³-hybridized carbons (Fsp3) is 0.623. The molecule has 0 spiro atoms. The predicted octanol–water partition coefficient (Wildman–Crippen LogP) is 18.1. The maximum atomic E-state index is 12.8. The van der Waals surface area contributed by atoms with Crippen LogP contribution in [-0.4, -0.2) is 37.2 Å². The summed E-state index contributed by atoms with van der Waals surface area (Å²) in [5.41, 5.74) is 0. The van der Waals surface area contributed by atoms with Gasteiger partial charge in [0.2, 0.25) is 0 Å². The summed E-state index contributed by atoms with van der Waals surface area (Å²) in [5, 5.41) is 0. The topological polar surface area (TPSA) is 78.9 Å². The first-order valence-corrected chi connectivity index (χ1v) is 27.0. The van der Waals surface area contributed by atoms with Crippen molar-refractivity contribution in [3.8, 4) is 0 Å². The van der Waals surface area contributed by atoms with E-state index in [1.165, 1.54) is 51.4 Å². The van der Waals surface area contributed by atoms with Gasteiger partial charge in [-0.1, -0.05) is 200 Å². The van der Waals surface area contributed by atoms with Gasteiger partial charge in [-0.05, 0) is 128 Å². The van der Waals surface area contributed by atoms with Gasteiger partial charge in [-0.2, -0.15) is 0 Å². The number of esters is 3. The Morgan fingerprint density at radius 2 is 0.597 bits per heavy atom.